The second kappa shape index (κ2) is 3.61. The molecule has 0 N–H and O–H groups in total. The first kappa shape index (κ1) is 8.38. The largest absolute Gasteiger partial charge is 0.466 e. The maximum absolute atomic E-state index is 5.50. The monoisotopic (exact) mass is 152 g/mol. The van der Waals surface area contributed by atoms with Gasteiger partial charge in [-0.3, -0.25) is 0 Å². The molecule has 1 rings (SSSR count). The van der Waals surface area contributed by atoms with Crippen molar-refractivity contribution in [1.82, 2.24) is 0 Å². The smallest absolute Gasteiger partial charge is 0.106 e. The zero-order valence-corrected chi connectivity index (χ0v) is 7.55. The lowest BCUT2D eigenvalue weighted by atomic mass is 10.0. The minimum Gasteiger partial charge on any atom is -0.466 e. The lowest BCUT2D eigenvalue weighted by Gasteiger charge is -2.04. The molecule has 0 aliphatic rings. The number of aryl methyl sites for hydroxylation is 1. The zero-order chi connectivity index (χ0) is 8.27. The van der Waals surface area contributed by atoms with Crippen LogP contribution in [0.15, 0.2) is 16.5 Å². The Morgan fingerprint density at radius 1 is 1.45 bits per heavy atom. The van der Waals surface area contributed by atoms with Gasteiger partial charge in [0.1, 0.15) is 11.5 Å². The average molecular weight is 152 g/mol. The molecule has 1 aromatic rings. The molecule has 0 fully saturated rings. The molecule has 1 atom stereocenters. The molecule has 1 unspecified atom stereocenters. The van der Waals surface area contributed by atoms with E-state index in [1.54, 1.807) is 0 Å². The Kier molecular flexibility index (Phi) is 2.75. The van der Waals surface area contributed by atoms with Gasteiger partial charge in [-0.2, -0.15) is 0 Å². The van der Waals surface area contributed by atoms with Crippen molar-refractivity contribution in [2.45, 2.75) is 39.5 Å². The molecule has 0 saturated heterocycles. The van der Waals surface area contributed by atoms with E-state index in [4.69, 9.17) is 4.42 Å². The van der Waals surface area contributed by atoms with Crippen molar-refractivity contribution < 1.29 is 4.42 Å². The van der Waals surface area contributed by atoms with E-state index in [-0.39, 0.29) is 0 Å². The quantitative estimate of drug-likeness (QED) is 0.646. The standard InChI is InChI=1S/C10H16O/c1-4-5-8(2)10-7-6-9(3)11-10/h6-8H,4-5H2,1-3H3. The summed E-state index contributed by atoms with van der Waals surface area (Å²) in [4.78, 5) is 0. The summed E-state index contributed by atoms with van der Waals surface area (Å²) >= 11 is 0. The minimum atomic E-state index is 0.577. The molecular weight excluding hydrogens is 136 g/mol. The second-order valence-corrected chi connectivity index (χ2v) is 3.14. The SMILES string of the molecule is CCCC(C)c1ccc(C)o1. The molecule has 11 heavy (non-hydrogen) atoms. The van der Waals surface area contributed by atoms with Gasteiger partial charge in [-0.1, -0.05) is 20.3 Å². The first-order valence-corrected chi connectivity index (χ1v) is 4.30. The Hall–Kier alpha value is -0.720. The van der Waals surface area contributed by atoms with Crippen LogP contribution in [0.25, 0.3) is 0 Å². The van der Waals surface area contributed by atoms with E-state index in [1.807, 2.05) is 13.0 Å². The Labute approximate surface area is 68.4 Å². The topological polar surface area (TPSA) is 13.1 Å². The van der Waals surface area contributed by atoms with Gasteiger partial charge >= 0.3 is 0 Å². The summed E-state index contributed by atoms with van der Waals surface area (Å²) in [5.41, 5.74) is 0. The van der Waals surface area contributed by atoms with Crippen LogP contribution < -0.4 is 0 Å². The van der Waals surface area contributed by atoms with Gasteiger partial charge in [0, 0.05) is 5.92 Å². The van der Waals surface area contributed by atoms with Crippen molar-refractivity contribution in [3.05, 3.63) is 23.7 Å². The van der Waals surface area contributed by atoms with Crippen molar-refractivity contribution >= 4 is 0 Å². The Bertz CT molecular complexity index is 212. The van der Waals surface area contributed by atoms with Gasteiger partial charge in [0.15, 0.2) is 0 Å². The van der Waals surface area contributed by atoms with Crippen LogP contribution in [0.4, 0.5) is 0 Å². The molecular formula is C10H16O. The lowest BCUT2D eigenvalue weighted by molar-refractivity contribution is 0.441. The maximum Gasteiger partial charge on any atom is 0.106 e. The van der Waals surface area contributed by atoms with E-state index in [0.717, 1.165) is 11.5 Å². The highest BCUT2D eigenvalue weighted by atomic mass is 16.3. The lowest BCUT2D eigenvalue weighted by Crippen LogP contribution is -1.88. The number of hydrogen-bond acceptors (Lipinski definition) is 1. The maximum atomic E-state index is 5.50. The van der Waals surface area contributed by atoms with Crippen molar-refractivity contribution in [3.63, 3.8) is 0 Å². The average Bonchev–Trinajstić information content (AvgIpc) is 2.36. The molecule has 0 aromatic carbocycles. The molecule has 0 radical (unpaired) electrons. The molecule has 0 amide bonds. The highest BCUT2D eigenvalue weighted by molar-refractivity contribution is 5.09. The molecule has 0 spiro atoms. The van der Waals surface area contributed by atoms with Crippen LogP contribution in [0.2, 0.25) is 0 Å². The van der Waals surface area contributed by atoms with Crippen LogP contribution >= 0.6 is 0 Å². The summed E-state index contributed by atoms with van der Waals surface area (Å²) < 4.78 is 5.50. The third-order valence-electron chi connectivity index (χ3n) is 1.97. The van der Waals surface area contributed by atoms with Gasteiger partial charge in [0.25, 0.3) is 0 Å². The Morgan fingerprint density at radius 2 is 2.18 bits per heavy atom. The normalized spacial score (nSPS) is 13.4. The van der Waals surface area contributed by atoms with Crippen molar-refractivity contribution in [2.75, 3.05) is 0 Å². The molecule has 62 valence electrons. The molecule has 1 heterocycles. The molecule has 0 aliphatic heterocycles. The minimum absolute atomic E-state index is 0.577. The molecule has 1 nitrogen and oxygen atoms in total. The third kappa shape index (κ3) is 2.11. The third-order valence-corrected chi connectivity index (χ3v) is 1.97. The number of rotatable bonds is 3. The first-order valence-electron chi connectivity index (χ1n) is 4.30. The van der Waals surface area contributed by atoms with Crippen LogP contribution in [0, 0.1) is 6.92 Å². The zero-order valence-electron chi connectivity index (χ0n) is 7.55. The van der Waals surface area contributed by atoms with E-state index in [0.29, 0.717) is 5.92 Å². The van der Waals surface area contributed by atoms with Crippen LogP contribution in [0.3, 0.4) is 0 Å². The summed E-state index contributed by atoms with van der Waals surface area (Å²) in [5.74, 6) is 2.72. The van der Waals surface area contributed by atoms with Gasteiger partial charge in [-0.25, -0.2) is 0 Å². The molecule has 0 aliphatic carbocycles. The van der Waals surface area contributed by atoms with Gasteiger partial charge in [-0.15, -0.1) is 0 Å². The van der Waals surface area contributed by atoms with Crippen LogP contribution in [0.5, 0.6) is 0 Å². The molecule has 0 bridgehead atoms. The molecule has 0 saturated carbocycles. The van der Waals surface area contributed by atoms with E-state index >= 15 is 0 Å². The second-order valence-electron chi connectivity index (χ2n) is 3.14. The fourth-order valence-electron chi connectivity index (χ4n) is 1.29. The first-order chi connectivity index (χ1) is 5.24. The molecule has 1 aromatic heterocycles. The van der Waals surface area contributed by atoms with Crippen molar-refractivity contribution in [2.24, 2.45) is 0 Å². The van der Waals surface area contributed by atoms with E-state index in [1.165, 1.54) is 12.8 Å². The molecule has 1 heteroatoms. The number of hydrogen-bond donors (Lipinski definition) is 0. The van der Waals surface area contributed by atoms with Crippen LogP contribution in [-0.2, 0) is 0 Å². The summed E-state index contributed by atoms with van der Waals surface area (Å²) in [6.45, 7) is 6.40. The predicted octanol–water partition coefficient (Wildman–Crippen LogP) is 3.49. The van der Waals surface area contributed by atoms with Crippen molar-refractivity contribution in [3.8, 4) is 0 Å². The van der Waals surface area contributed by atoms with Crippen LogP contribution in [-0.4, -0.2) is 0 Å². The summed E-state index contributed by atoms with van der Waals surface area (Å²) in [6.07, 6.45) is 2.44. The Balaban J connectivity index is 2.60. The highest BCUT2D eigenvalue weighted by Gasteiger charge is 2.07. The fourth-order valence-corrected chi connectivity index (χ4v) is 1.29. The van der Waals surface area contributed by atoms with Gasteiger partial charge in [0.2, 0.25) is 0 Å². The van der Waals surface area contributed by atoms with E-state index in [9.17, 15) is 0 Å². The van der Waals surface area contributed by atoms with E-state index in [2.05, 4.69) is 19.9 Å². The van der Waals surface area contributed by atoms with E-state index < -0.39 is 0 Å². The Morgan fingerprint density at radius 3 is 2.64 bits per heavy atom. The summed E-state index contributed by atoms with van der Waals surface area (Å²) in [7, 11) is 0. The predicted molar refractivity (Wildman–Crippen MR) is 46.8 cm³/mol. The van der Waals surface area contributed by atoms with Crippen molar-refractivity contribution in [1.29, 1.82) is 0 Å². The van der Waals surface area contributed by atoms with Gasteiger partial charge in [0.05, 0.1) is 0 Å². The number of furan rings is 1. The fraction of sp³-hybridized carbons (Fsp3) is 0.600. The van der Waals surface area contributed by atoms with Crippen LogP contribution in [0.1, 0.15) is 44.1 Å². The summed E-state index contributed by atoms with van der Waals surface area (Å²) in [5, 5.41) is 0. The van der Waals surface area contributed by atoms with Gasteiger partial charge < -0.3 is 4.42 Å². The summed E-state index contributed by atoms with van der Waals surface area (Å²) in [6, 6.07) is 4.11. The van der Waals surface area contributed by atoms with Gasteiger partial charge in [-0.05, 0) is 25.5 Å². The highest BCUT2D eigenvalue weighted by Crippen LogP contribution is 2.21.